The third-order valence-corrected chi connectivity index (χ3v) is 2.66. The summed E-state index contributed by atoms with van der Waals surface area (Å²) in [6.07, 6.45) is -2.44. The Kier molecular flexibility index (Phi) is 6.42. The average Bonchev–Trinajstić information content (AvgIpc) is 2.38. The molecule has 19 heavy (non-hydrogen) atoms. The average molecular weight is 270 g/mol. The maximum atomic E-state index is 12.5. The molecule has 0 saturated carbocycles. The highest BCUT2D eigenvalue weighted by molar-refractivity contribution is 5.77. The Bertz CT molecular complexity index is 408. The maximum absolute atomic E-state index is 12.5. The number of alkyl halides is 2. The van der Waals surface area contributed by atoms with Crippen molar-refractivity contribution in [1.82, 2.24) is 10.6 Å². The molecule has 0 aromatic heterocycles. The third kappa shape index (κ3) is 5.79. The summed E-state index contributed by atoms with van der Waals surface area (Å²) in [5.41, 5.74) is 0.848. The molecule has 0 aliphatic heterocycles. The van der Waals surface area contributed by atoms with Gasteiger partial charge < -0.3 is 10.6 Å². The molecule has 5 heteroatoms. The van der Waals surface area contributed by atoms with Gasteiger partial charge in [-0.05, 0) is 11.6 Å². The van der Waals surface area contributed by atoms with Gasteiger partial charge in [-0.15, -0.1) is 0 Å². The predicted molar refractivity (Wildman–Crippen MR) is 71.0 cm³/mol. The minimum Gasteiger partial charge on any atom is -0.355 e. The smallest absolute Gasteiger partial charge is 0.263 e. The van der Waals surface area contributed by atoms with E-state index in [9.17, 15) is 13.6 Å². The van der Waals surface area contributed by atoms with Gasteiger partial charge in [-0.25, -0.2) is 8.78 Å². The van der Waals surface area contributed by atoms with Gasteiger partial charge in [-0.3, -0.25) is 4.79 Å². The van der Waals surface area contributed by atoms with Gasteiger partial charge >= 0.3 is 0 Å². The Labute approximate surface area is 112 Å². The number of carbonyl (C=O) groups excluding carboxylic acids is 1. The SMILES string of the molecule is CC(C)C(=O)NCCNCc1cccc(C(F)F)c1. The molecule has 0 atom stereocenters. The summed E-state index contributed by atoms with van der Waals surface area (Å²) in [5.74, 6) is -0.00998. The van der Waals surface area contributed by atoms with E-state index >= 15 is 0 Å². The van der Waals surface area contributed by atoms with E-state index < -0.39 is 6.43 Å². The van der Waals surface area contributed by atoms with Crippen molar-refractivity contribution >= 4 is 5.91 Å². The summed E-state index contributed by atoms with van der Waals surface area (Å²) < 4.78 is 25.0. The quantitative estimate of drug-likeness (QED) is 0.747. The molecule has 106 valence electrons. The Balaban J connectivity index is 2.26. The molecule has 0 aliphatic rings. The molecule has 3 nitrogen and oxygen atoms in total. The highest BCUT2D eigenvalue weighted by Crippen LogP contribution is 2.19. The van der Waals surface area contributed by atoms with Crippen molar-refractivity contribution in [3.8, 4) is 0 Å². The van der Waals surface area contributed by atoms with Crippen LogP contribution in [0.1, 0.15) is 31.4 Å². The number of hydrogen-bond donors (Lipinski definition) is 2. The van der Waals surface area contributed by atoms with E-state index in [0.29, 0.717) is 19.6 Å². The summed E-state index contributed by atoms with van der Waals surface area (Å²) in [6.45, 7) is 5.32. The van der Waals surface area contributed by atoms with E-state index in [1.54, 1.807) is 12.1 Å². The van der Waals surface area contributed by atoms with Crippen LogP contribution in [-0.4, -0.2) is 19.0 Å². The first-order valence-electron chi connectivity index (χ1n) is 6.36. The Morgan fingerprint density at radius 1 is 1.26 bits per heavy atom. The molecule has 1 aromatic rings. The molecule has 0 aliphatic carbocycles. The number of benzene rings is 1. The van der Waals surface area contributed by atoms with Crippen LogP contribution < -0.4 is 10.6 Å². The lowest BCUT2D eigenvalue weighted by molar-refractivity contribution is -0.123. The molecule has 0 unspecified atom stereocenters. The molecule has 0 fully saturated rings. The van der Waals surface area contributed by atoms with Gasteiger partial charge in [0.2, 0.25) is 5.91 Å². The van der Waals surface area contributed by atoms with Crippen LogP contribution in [0.5, 0.6) is 0 Å². The highest BCUT2D eigenvalue weighted by atomic mass is 19.3. The Hall–Kier alpha value is -1.49. The number of halogens is 2. The van der Waals surface area contributed by atoms with Gasteiger partial charge in [0.25, 0.3) is 6.43 Å². The fraction of sp³-hybridized carbons (Fsp3) is 0.500. The van der Waals surface area contributed by atoms with Crippen molar-refractivity contribution in [2.24, 2.45) is 5.92 Å². The van der Waals surface area contributed by atoms with Crippen LogP contribution in [0, 0.1) is 5.92 Å². The number of nitrogens with one attached hydrogen (secondary N) is 2. The predicted octanol–water partition coefficient (Wildman–Crippen LogP) is 2.49. The van der Waals surface area contributed by atoms with Gasteiger partial charge in [0.1, 0.15) is 0 Å². The fourth-order valence-corrected chi connectivity index (χ4v) is 1.55. The number of rotatable bonds is 7. The van der Waals surface area contributed by atoms with Crippen molar-refractivity contribution in [3.05, 3.63) is 35.4 Å². The van der Waals surface area contributed by atoms with Crippen molar-refractivity contribution in [3.63, 3.8) is 0 Å². The van der Waals surface area contributed by atoms with Crippen LogP contribution in [0.2, 0.25) is 0 Å². The summed E-state index contributed by atoms with van der Waals surface area (Å²) in [5, 5.41) is 5.88. The molecular weight excluding hydrogens is 250 g/mol. The topological polar surface area (TPSA) is 41.1 Å². The number of amides is 1. The van der Waals surface area contributed by atoms with Crippen LogP contribution in [-0.2, 0) is 11.3 Å². The van der Waals surface area contributed by atoms with Crippen molar-refractivity contribution in [2.75, 3.05) is 13.1 Å². The fourth-order valence-electron chi connectivity index (χ4n) is 1.55. The molecular formula is C14H20F2N2O. The van der Waals surface area contributed by atoms with Crippen molar-refractivity contribution < 1.29 is 13.6 Å². The summed E-state index contributed by atoms with van der Waals surface area (Å²) in [4.78, 5) is 11.3. The Morgan fingerprint density at radius 3 is 2.63 bits per heavy atom. The van der Waals surface area contributed by atoms with Gasteiger partial charge in [-0.2, -0.15) is 0 Å². The zero-order valence-electron chi connectivity index (χ0n) is 11.2. The molecule has 2 N–H and O–H groups in total. The van der Waals surface area contributed by atoms with Crippen LogP contribution in [0.15, 0.2) is 24.3 Å². The standard InChI is InChI=1S/C14H20F2N2O/c1-10(2)14(19)18-7-6-17-9-11-4-3-5-12(8-11)13(15)16/h3-5,8,10,13,17H,6-7,9H2,1-2H3,(H,18,19). The second-order valence-corrected chi connectivity index (χ2v) is 4.67. The summed E-state index contributed by atoms with van der Waals surface area (Å²) in [7, 11) is 0. The zero-order valence-corrected chi connectivity index (χ0v) is 11.2. The summed E-state index contributed by atoms with van der Waals surface area (Å²) >= 11 is 0. The zero-order chi connectivity index (χ0) is 14.3. The number of carbonyl (C=O) groups is 1. The second kappa shape index (κ2) is 7.84. The van der Waals surface area contributed by atoms with Crippen LogP contribution in [0.25, 0.3) is 0 Å². The Morgan fingerprint density at radius 2 is 2.00 bits per heavy atom. The van der Waals surface area contributed by atoms with Crippen molar-refractivity contribution in [2.45, 2.75) is 26.8 Å². The molecule has 0 bridgehead atoms. The van der Waals surface area contributed by atoms with Gasteiger partial charge in [0.15, 0.2) is 0 Å². The van der Waals surface area contributed by atoms with E-state index in [0.717, 1.165) is 5.56 Å². The first-order valence-corrected chi connectivity index (χ1v) is 6.36. The first kappa shape index (κ1) is 15.6. The molecule has 1 amide bonds. The molecule has 0 radical (unpaired) electrons. The van der Waals surface area contributed by atoms with E-state index in [1.165, 1.54) is 12.1 Å². The molecule has 0 saturated heterocycles. The van der Waals surface area contributed by atoms with E-state index in [4.69, 9.17) is 0 Å². The lowest BCUT2D eigenvalue weighted by Gasteiger charge is -2.09. The lowest BCUT2D eigenvalue weighted by atomic mass is 10.1. The van der Waals surface area contributed by atoms with Gasteiger partial charge in [0.05, 0.1) is 0 Å². The maximum Gasteiger partial charge on any atom is 0.263 e. The van der Waals surface area contributed by atoms with E-state index in [2.05, 4.69) is 10.6 Å². The minimum atomic E-state index is -2.44. The van der Waals surface area contributed by atoms with Crippen LogP contribution in [0.3, 0.4) is 0 Å². The first-order chi connectivity index (χ1) is 9.00. The van der Waals surface area contributed by atoms with E-state index in [-0.39, 0.29) is 17.4 Å². The van der Waals surface area contributed by atoms with Crippen LogP contribution in [0.4, 0.5) is 8.78 Å². The van der Waals surface area contributed by atoms with Crippen molar-refractivity contribution in [1.29, 1.82) is 0 Å². The highest BCUT2D eigenvalue weighted by Gasteiger charge is 2.07. The molecule has 0 spiro atoms. The molecule has 0 heterocycles. The minimum absolute atomic E-state index is 0.0153. The van der Waals surface area contributed by atoms with Gasteiger partial charge in [-0.1, -0.05) is 32.0 Å². The third-order valence-electron chi connectivity index (χ3n) is 2.66. The summed E-state index contributed by atoms with van der Waals surface area (Å²) in [6, 6.07) is 6.33. The normalized spacial score (nSPS) is 11.1. The lowest BCUT2D eigenvalue weighted by Crippen LogP contribution is -2.34. The molecule has 1 rings (SSSR count). The number of hydrogen-bond acceptors (Lipinski definition) is 2. The monoisotopic (exact) mass is 270 g/mol. The van der Waals surface area contributed by atoms with Gasteiger partial charge in [0, 0.05) is 31.1 Å². The molecule has 1 aromatic carbocycles. The second-order valence-electron chi connectivity index (χ2n) is 4.67. The largest absolute Gasteiger partial charge is 0.355 e. The van der Waals surface area contributed by atoms with E-state index in [1.807, 2.05) is 13.8 Å². The van der Waals surface area contributed by atoms with Crippen LogP contribution >= 0.6 is 0 Å².